The molecule has 1 saturated carbocycles. The highest BCUT2D eigenvalue weighted by Gasteiger charge is 2.36. The molecule has 3 N–H and O–H groups in total. The summed E-state index contributed by atoms with van der Waals surface area (Å²) in [5.41, 5.74) is 0.678. The van der Waals surface area contributed by atoms with Crippen molar-refractivity contribution in [3.8, 4) is 0 Å². The largest absolute Gasteiger partial charge is 0.453 e. The van der Waals surface area contributed by atoms with E-state index in [-0.39, 0.29) is 55.7 Å². The lowest BCUT2D eigenvalue weighted by molar-refractivity contribution is -0.0473. The molecule has 2 aliphatic rings. The highest BCUT2D eigenvalue weighted by Crippen LogP contribution is 2.38. The van der Waals surface area contributed by atoms with Crippen molar-refractivity contribution < 1.29 is 32.2 Å². The summed E-state index contributed by atoms with van der Waals surface area (Å²) in [6.07, 6.45) is 1.94. The molecular formula is C27H41F3N4O4. The van der Waals surface area contributed by atoms with Crippen LogP contribution in [0.15, 0.2) is 24.3 Å². The number of carbonyl (C=O) groups is 2. The number of carbonyl (C=O) groups excluding carboxylic acids is 2. The molecule has 3 amide bonds. The number of benzene rings is 1. The fourth-order valence-corrected chi connectivity index (χ4v) is 5.48. The van der Waals surface area contributed by atoms with Crippen LogP contribution in [0.25, 0.3) is 0 Å². The van der Waals surface area contributed by atoms with Crippen LogP contribution in [0, 0.1) is 17.7 Å². The summed E-state index contributed by atoms with van der Waals surface area (Å²) in [6, 6.07) is 5.89. The summed E-state index contributed by atoms with van der Waals surface area (Å²) in [7, 11) is 3.09. The number of alkyl carbamates (subject to hydrolysis) is 1. The van der Waals surface area contributed by atoms with Crippen LogP contribution in [0.4, 0.5) is 22.8 Å². The first-order valence-corrected chi connectivity index (χ1v) is 13.5. The lowest BCUT2D eigenvalue weighted by Gasteiger charge is -2.38. The quantitative estimate of drug-likeness (QED) is 0.359. The van der Waals surface area contributed by atoms with Crippen LogP contribution in [0.2, 0.25) is 0 Å². The summed E-state index contributed by atoms with van der Waals surface area (Å²) in [5, 5.41) is 8.78. The van der Waals surface area contributed by atoms with Crippen LogP contribution < -0.4 is 16.0 Å². The summed E-state index contributed by atoms with van der Waals surface area (Å²) < 4.78 is 51.9. The van der Waals surface area contributed by atoms with E-state index in [1.807, 2.05) is 0 Å². The highest BCUT2D eigenvalue weighted by molar-refractivity contribution is 5.74. The Kier molecular flexibility index (Phi) is 11.5. The van der Waals surface area contributed by atoms with Crippen LogP contribution in [0.3, 0.4) is 0 Å². The molecule has 1 aliphatic carbocycles. The Morgan fingerprint density at radius 2 is 1.97 bits per heavy atom. The molecule has 3 rings (SSSR count). The number of ether oxygens (including phenoxy) is 2. The minimum atomic E-state index is -2.57. The second-order valence-corrected chi connectivity index (χ2v) is 10.4. The maximum absolute atomic E-state index is 14.0. The average molecular weight is 543 g/mol. The van der Waals surface area contributed by atoms with Gasteiger partial charge in [0, 0.05) is 51.0 Å². The molecule has 3 unspecified atom stereocenters. The lowest BCUT2D eigenvalue weighted by atomic mass is 9.83. The number of alkyl halides is 2. The molecule has 1 aromatic carbocycles. The Hall–Kier alpha value is -2.53. The Balaban J connectivity index is 1.61. The number of likely N-dealkylation sites (tertiary alicyclic amines) is 1. The van der Waals surface area contributed by atoms with E-state index in [9.17, 15) is 22.8 Å². The number of piperidine rings is 1. The number of halogens is 3. The van der Waals surface area contributed by atoms with Gasteiger partial charge in [-0.2, -0.15) is 0 Å². The zero-order valence-electron chi connectivity index (χ0n) is 22.3. The summed E-state index contributed by atoms with van der Waals surface area (Å²) >= 11 is 0. The molecule has 1 aromatic rings. The Morgan fingerprint density at radius 3 is 2.66 bits per heavy atom. The number of nitrogens with one attached hydrogen (secondary N) is 3. The van der Waals surface area contributed by atoms with Crippen LogP contribution in [-0.2, 0) is 9.47 Å². The first kappa shape index (κ1) is 30.0. The molecule has 214 valence electrons. The number of amides is 3. The fraction of sp³-hybridized carbons (Fsp3) is 0.704. The van der Waals surface area contributed by atoms with Crippen molar-refractivity contribution in [2.24, 2.45) is 11.8 Å². The van der Waals surface area contributed by atoms with Gasteiger partial charge in [-0.1, -0.05) is 12.1 Å². The van der Waals surface area contributed by atoms with Crippen LogP contribution in [-0.4, -0.2) is 75.9 Å². The molecule has 0 bridgehead atoms. The number of hydrogen-bond donors (Lipinski definition) is 3. The van der Waals surface area contributed by atoms with Gasteiger partial charge in [0.15, 0.2) is 0 Å². The van der Waals surface area contributed by atoms with E-state index in [4.69, 9.17) is 4.74 Å². The summed E-state index contributed by atoms with van der Waals surface area (Å²) in [6.45, 7) is 2.00. The van der Waals surface area contributed by atoms with E-state index in [0.29, 0.717) is 44.5 Å². The molecule has 3 atom stereocenters. The first-order valence-electron chi connectivity index (χ1n) is 13.5. The zero-order chi connectivity index (χ0) is 27.5. The molecule has 11 heteroatoms. The highest BCUT2D eigenvalue weighted by atomic mass is 19.3. The monoisotopic (exact) mass is 542 g/mol. The van der Waals surface area contributed by atoms with Gasteiger partial charge in [-0.3, -0.25) is 0 Å². The second kappa shape index (κ2) is 14.6. The van der Waals surface area contributed by atoms with E-state index >= 15 is 0 Å². The topological polar surface area (TPSA) is 91.9 Å². The van der Waals surface area contributed by atoms with Gasteiger partial charge in [0.1, 0.15) is 5.82 Å². The van der Waals surface area contributed by atoms with Crippen LogP contribution in [0.5, 0.6) is 0 Å². The van der Waals surface area contributed by atoms with Gasteiger partial charge in [-0.25, -0.2) is 22.8 Å². The molecule has 1 heterocycles. The van der Waals surface area contributed by atoms with Crippen molar-refractivity contribution in [2.75, 3.05) is 46.9 Å². The Bertz CT molecular complexity index is 897. The van der Waals surface area contributed by atoms with E-state index in [1.165, 1.54) is 19.2 Å². The standard InChI is InChI=1S/C27H41F3N4O4/c1-31-17-23(15-19-8-10-27(29,30)11-9-19)33-25(35)34-13-4-6-21(18-34)24(20-5-3-7-22(28)16-20)38-14-12-32-26(36)37-2/h3,5,7,16,19,21,23-24,31H,4,6,8-15,17-18H2,1-2H3,(H,32,36)(H,33,35). The maximum atomic E-state index is 14.0. The average Bonchev–Trinajstić information content (AvgIpc) is 2.90. The van der Waals surface area contributed by atoms with Gasteiger partial charge in [0.2, 0.25) is 5.92 Å². The summed E-state index contributed by atoms with van der Waals surface area (Å²) in [5.74, 6) is -2.86. The summed E-state index contributed by atoms with van der Waals surface area (Å²) in [4.78, 5) is 26.4. The van der Waals surface area contributed by atoms with E-state index in [1.54, 1.807) is 24.1 Å². The minimum absolute atomic E-state index is 0.0715. The van der Waals surface area contributed by atoms with E-state index in [0.717, 1.165) is 12.8 Å². The van der Waals surface area contributed by atoms with Gasteiger partial charge < -0.3 is 30.3 Å². The third-order valence-corrected chi connectivity index (χ3v) is 7.44. The molecule has 8 nitrogen and oxygen atoms in total. The number of rotatable bonds is 11. The predicted octanol–water partition coefficient (Wildman–Crippen LogP) is 4.46. The van der Waals surface area contributed by atoms with E-state index < -0.39 is 18.1 Å². The molecule has 1 saturated heterocycles. The van der Waals surface area contributed by atoms with Gasteiger partial charge in [-0.05, 0) is 62.8 Å². The SMILES string of the molecule is CNCC(CC1CCC(F)(F)CC1)NC(=O)N1CCCC(C(OCCNC(=O)OC)c2cccc(F)c2)C1. The van der Waals surface area contributed by atoms with Crippen molar-refractivity contribution in [3.63, 3.8) is 0 Å². The van der Waals surface area contributed by atoms with Crippen molar-refractivity contribution in [1.82, 2.24) is 20.9 Å². The Morgan fingerprint density at radius 1 is 1.21 bits per heavy atom. The van der Waals surface area contributed by atoms with Gasteiger partial charge in [-0.15, -0.1) is 0 Å². The maximum Gasteiger partial charge on any atom is 0.406 e. The molecule has 0 spiro atoms. The number of methoxy groups -OCH3 is 1. The molecule has 1 aliphatic heterocycles. The van der Waals surface area contributed by atoms with Crippen LogP contribution in [0.1, 0.15) is 56.6 Å². The molecule has 38 heavy (non-hydrogen) atoms. The molecule has 0 aromatic heterocycles. The number of likely N-dealkylation sites (N-methyl/N-ethyl adjacent to an activating group) is 1. The van der Waals surface area contributed by atoms with Crippen molar-refractivity contribution in [1.29, 1.82) is 0 Å². The lowest BCUT2D eigenvalue weighted by Crippen LogP contribution is -2.52. The fourth-order valence-electron chi connectivity index (χ4n) is 5.48. The smallest absolute Gasteiger partial charge is 0.406 e. The van der Waals surface area contributed by atoms with Gasteiger partial charge in [0.25, 0.3) is 0 Å². The Labute approximate surface area is 223 Å². The second-order valence-electron chi connectivity index (χ2n) is 10.4. The third kappa shape index (κ3) is 9.34. The predicted molar refractivity (Wildman–Crippen MR) is 138 cm³/mol. The number of urea groups is 1. The number of nitrogens with zero attached hydrogens (tertiary/aromatic N) is 1. The van der Waals surface area contributed by atoms with Crippen molar-refractivity contribution >= 4 is 12.1 Å². The van der Waals surface area contributed by atoms with Crippen molar-refractivity contribution in [3.05, 3.63) is 35.6 Å². The van der Waals surface area contributed by atoms with Gasteiger partial charge in [0.05, 0.1) is 19.8 Å². The minimum Gasteiger partial charge on any atom is -0.453 e. The van der Waals surface area contributed by atoms with E-state index in [2.05, 4.69) is 20.7 Å². The molecule has 0 radical (unpaired) electrons. The van der Waals surface area contributed by atoms with Gasteiger partial charge >= 0.3 is 12.1 Å². The molecular weight excluding hydrogens is 501 g/mol. The first-order chi connectivity index (χ1) is 18.2. The normalized spacial score (nSPS) is 21.4. The third-order valence-electron chi connectivity index (χ3n) is 7.44. The number of hydrogen-bond acceptors (Lipinski definition) is 5. The van der Waals surface area contributed by atoms with Crippen molar-refractivity contribution in [2.45, 2.75) is 63.0 Å². The zero-order valence-corrected chi connectivity index (χ0v) is 22.3. The molecule has 2 fully saturated rings. The van der Waals surface area contributed by atoms with Crippen LogP contribution >= 0.6 is 0 Å².